The van der Waals surface area contributed by atoms with Crippen molar-refractivity contribution in [1.82, 2.24) is 14.9 Å². The maximum Gasteiger partial charge on any atom is 0.257 e. The van der Waals surface area contributed by atoms with Crippen molar-refractivity contribution in [2.75, 3.05) is 26.3 Å². The minimum atomic E-state index is -0.0349. The number of aromatic nitrogens is 2. The largest absolute Gasteiger partial charge is 0.378 e. The monoisotopic (exact) mass is 411 g/mol. The van der Waals surface area contributed by atoms with E-state index in [0.717, 1.165) is 21.1 Å². The summed E-state index contributed by atoms with van der Waals surface area (Å²) in [6.07, 6.45) is 1.89. The van der Waals surface area contributed by atoms with E-state index in [0.29, 0.717) is 37.7 Å². The second-order valence-corrected chi connectivity index (χ2v) is 7.04. The highest BCUT2D eigenvalue weighted by Gasteiger charge is 2.24. The van der Waals surface area contributed by atoms with E-state index in [2.05, 4.69) is 25.9 Å². The molecule has 0 saturated carbocycles. The number of carbonyl (C=O) groups excluding carboxylic acids is 1. The van der Waals surface area contributed by atoms with E-state index >= 15 is 0 Å². The van der Waals surface area contributed by atoms with E-state index in [1.807, 2.05) is 59.5 Å². The van der Waals surface area contributed by atoms with Gasteiger partial charge in [0, 0.05) is 17.6 Å². The van der Waals surface area contributed by atoms with Crippen LogP contribution in [0.5, 0.6) is 0 Å². The number of rotatable bonds is 3. The van der Waals surface area contributed by atoms with Crippen molar-refractivity contribution in [1.29, 1.82) is 0 Å². The quantitative estimate of drug-likeness (QED) is 0.668. The van der Waals surface area contributed by atoms with Crippen LogP contribution in [0.3, 0.4) is 0 Å². The Morgan fingerprint density at radius 2 is 1.96 bits per heavy atom. The van der Waals surface area contributed by atoms with E-state index in [9.17, 15) is 4.79 Å². The van der Waals surface area contributed by atoms with Crippen molar-refractivity contribution in [3.63, 3.8) is 0 Å². The van der Waals surface area contributed by atoms with Crippen LogP contribution in [-0.4, -0.2) is 47.1 Å². The lowest BCUT2D eigenvalue weighted by molar-refractivity contribution is -0.128. The molecule has 1 N–H and O–H groups in total. The smallest absolute Gasteiger partial charge is 0.257 e. The van der Waals surface area contributed by atoms with E-state index < -0.39 is 0 Å². The number of hydrogen-bond acceptors (Lipinski definition) is 3. The number of halogens is 1. The van der Waals surface area contributed by atoms with E-state index in [1.165, 1.54) is 0 Å². The molecule has 26 heavy (non-hydrogen) atoms. The van der Waals surface area contributed by atoms with Gasteiger partial charge in [0.15, 0.2) is 0 Å². The number of imidazole rings is 1. The normalized spacial score (nSPS) is 15.4. The van der Waals surface area contributed by atoms with Gasteiger partial charge in [-0.1, -0.05) is 40.2 Å². The zero-order chi connectivity index (χ0) is 17.9. The SMILES string of the molecule is O=C(/C(=C/c1cccc(Br)c1)c1nc2ccccc2[nH]1)N1CCOCC1. The molecule has 3 aromatic rings. The van der Waals surface area contributed by atoms with Crippen molar-refractivity contribution in [3.8, 4) is 0 Å². The second-order valence-electron chi connectivity index (χ2n) is 6.12. The van der Waals surface area contributed by atoms with Gasteiger partial charge in [-0.05, 0) is 35.9 Å². The summed E-state index contributed by atoms with van der Waals surface area (Å²) >= 11 is 3.49. The molecule has 1 aliphatic rings. The zero-order valence-electron chi connectivity index (χ0n) is 14.1. The number of morpholine rings is 1. The first-order chi connectivity index (χ1) is 12.7. The van der Waals surface area contributed by atoms with Crippen molar-refractivity contribution >= 4 is 44.5 Å². The Balaban J connectivity index is 1.78. The molecule has 5 nitrogen and oxygen atoms in total. The second kappa shape index (κ2) is 7.43. The molecule has 6 heteroatoms. The number of para-hydroxylation sites is 2. The minimum absolute atomic E-state index is 0.0349. The highest BCUT2D eigenvalue weighted by molar-refractivity contribution is 9.10. The summed E-state index contributed by atoms with van der Waals surface area (Å²) in [5.74, 6) is 0.551. The van der Waals surface area contributed by atoms with Crippen LogP contribution in [0, 0.1) is 0 Å². The summed E-state index contributed by atoms with van der Waals surface area (Å²) in [5.41, 5.74) is 3.26. The third-order valence-electron chi connectivity index (χ3n) is 4.33. The number of hydrogen-bond donors (Lipinski definition) is 1. The Morgan fingerprint density at radius 3 is 2.73 bits per heavy atom. The lowest BCUT2D eigenvalue weighted by Crippen LogP contribution is -2.41. The van der Waals surface area contributed by atoms with Gasteiger partial charge in [-0.25, -0.2) is 4.98 Å². The first-order valence-corrected chi connectivity index (χ1v) is 9.29. The number of benzene rings is 2. The van der Waals surface area contributed by atoms with E-state index in [4.69, 9.17) is 4.74 Å². The molecule has 1 fully saturated rings. The average Bonchev–Trinajstić information content (AvgIpc) is 3.10. The van der Waals surface area contributed by atoms with Crippen LogP contribution in [0.1, 0.15) is 11.4 Å². The van der Waals surface area contributed by atoms with Crippen LogP contribution in [0.4, 0.5) is 0 Å². The lowest BCUT2D eigenvalue weighted by Gasteiger charge is -2.27. The predicted octanol–water partition coefficient (Wildman–Crippen LogP) is 3.72. The summed E-state index contributed by atoms with van der Waals surface area (Å²) in [6, 6.07) is 15.6. The molecule has 4 rings (SSSR count). The van der Waals surface area contributed by atoms with Gasteiger partial charge in [-0.15, -0.1) is 0 Å². The average molecular weight is 412 g/mol. The number of carbonyl (C=O) groups is 1. The molecule has 132 valence electrons. The van der Waals surface area contributed by atoms with Gasteiger partial charge in [0.1, 0.15) is 5.82 Å². The fourth-order valence-electron chi connectivity index (χ4n) is 3.01. The molecule has 1 aromatic heterocycles. The Bertz CT molecular complexity index is 941. The van der Waals surface area contributed by atoms with Gasteiger partial charge in [0.05, 0.1) is 29.8 Å². The van der Waals surface area contributed by atoms with Crippen LogP contribution < -0.4 is 0 Å². The topological polar surface area (TPSA) is 58.2 Å². The molecule has 0 aliphatic carbocycles. The Kier molecular flexibility index (Phi) is 4.86. The molecular weight excluding hydrogens is 394 g/mol. The van der Waals surface area contributed by atoms with Gasteiger partial charge in [0.25, 0.3) is 5.91 Å². The van der Waals surface area contributed by atoms with Crippen LogP contribution >= 0.6 is 15.9 Å². The van der Waals surface area contributed by atoms with Gasteiger partial charge in [-0.2, -0.15) is 0 Å². The molecular formula is C20H18BrN3O2. The van der Waals surface area contributed by atoms with Gasteiger partial charge >= 0.3 is 0 Å². The first-order valence-electron chi connectivity index (χ1n) is 8.50. The van der Waals surface area contributed by atoms with Crippen LogP contribution in [0.15, 0.2) is 53.0 Å². The molecule has 0 spiro atoms. The summed E-state index contributed by atoms with van der Waals surface area (Å²) in [4.78, 5) is 22.9. The lowest BCUT2D eigenvalue weighted by atomic mass is 10.1. The Morgan fingerprint density at radius 1 is 1.15 bits per heavy atom. The summed E-state index contributed by atoms with van der Waals surface area (Å²) in [6.45, 7) is 2.32. The van der Waals surface area contributed by atoms with Crippen LogP contribution in [0.25, 0.3) is 22.7 Å². The zero-order valence-corrected chi connectivity index (χ0v) is 15.7. The van der Waals surface area contributed by atoms with Crippen molar-refractivity contribution < 1.29 is 9.53 Å². The van der Waals surface area contributed by atoms with Crippen molar-refractivity contribution in [2.45, 2.75) is 0 Å². The number of ether oxygens (including phenoxy) is 1. The number of amides is 1. The number of aromatic amines is 1. The third-order valence-corrected chi connectivity index (χ3v) is 4.83. The number of nitrogens with one attached hydrogen (secondary N) is 1. The predicted molar refractivity (Wildman–Crippen MR) is 106 cm³/mol. The standard InChI is InChI=1S/C20H18BrN3O2/c21-15-5-3-4-14(12-15)13-16(20(25)24-8-10-26-11-9-24)19-22-17-6-1-2-7-18(17)23-19/h1-7,12-13H,8-11H2,(H,22,23)/b16-13+. The maximum absolute atomic E-state index is 13.2. The number of H-pyrrole nitrogens is 1. The summed E-state index contributed by atoms with van der Waals surface area (Å²) in [5, 5.41) is 0. The molecule has 0 bridgehead atoms. The summed E-state index contributed by atoms with van der Waals surface area (Å²) < 4.78 is 6.34. The third kappa shape index (κ3) is 3.57. The molecule has 2 aromatic carbocycles. The molecule has 2 heterocycles. The fraction of sp³-hybridized carbons (Fsp3) is 0.200. The summed E-state index contributed by atoms with van der Waals surface area (Å²) in [7, 11) is 0. The van der Waals surface area contributed by atoms with Gasteiger partial charge in [0.2, 0.25) is 0 Å². The number of nitrogens with zero attached hydrogens (tertiary/aromatic N) is 2. The molecule has 0 atom stereocenters. The van der Waals surface area contributed by atoms with Crippen LogP contribution in [-0.2, 0) is 9.53 Å². The molecule has 0 unspecified atom stereocenters. The van der Waals surface area contributed by atoms with Crippen molar-refractivity contribution in [3.05, 3.63) is 64.4 Å². The molecule has 1 saturated heterocycles. The molecule has 0 radical (unpaired) electrons. The Hall–Kier alpha value is -2.44. The van der Waals surface area contributed by atoms with Gasteiger partial charge in [-0.3, -0.25) is 4.79 Å². The van der Waals surface area contributed by atoms with E-state index in [1.54, 1.807) is 0 Å². The van der Waals surface area contributed by atoms with Gasteiger partial charge < -0.3 is 14.6 Å². The molecule has 1 aliphatic heterocycles. The highest BCUT2D eigenvalue weighted by atomic mass is 79.9. The van der Waals surface area contributed by atoms with Crippen LogP contribution in [0.2, 0.25) is 0 Å². The molecule has 1 amide bonds. The fourth-order valence-corrected chi connectivity index (χ4v) is 3.43. The highest BCUT2D eigenvalue weighted by Crippen LogP contribution is 2.23. The van der Waals surface area contributed by atoms with E-state index in [-0.39, 0.29) is 5.91 Å². The first kappa shape index (κ1) is 17.0. The maximum atomic E-state index is 13.2. The minimum Gasteiger partial charge on any atom is -0.378 e. The number of fused-ring (bicyclic) bond motifs is 1. The van der Waals surface area contributed by atoms with Crippen molar-refractivity contribution in [2.24, 2.45) is 0 Å². The Labute approximate surface area is 159 Å².